The zero-order valence-corrected chi connectivity index (χ0v) is 9.88. The Hall–Kier alpha value is -1.83. The van der Waals surface area contributed by atoms with E-state index in [0.29, 0.717) is 12.1 Å². The van der Waals surface area contributed by atoms with Gasteiger partial charge in [0.15, 0.2) is 0 Å². The highest BCUT2D eigenvalue weighted by atomic mass is 19.4. The Morgan fingerprint density at radius 3 is 2.58 bits per heavy atom. The van der Waals surface area contributed by atoms with Crippen LogP contribution >= 0.6 is 0 Å². The van der Waals surface area contributed by atoms with Gasteiger partial charge in [-0.2, -0.15) is 13.2 Å². The fourth-order valence-electron chi connectivity index (χ4n) is 1.26. The number of alkyl halides is 3. The number of hydrogen-bond acceptors (Lipinski definition) is 2. The van der Waals surface area contributed by atoms with Crippen molar-refractivity contribution in [3.63, 3.8) is 0 Å². The second kappa shape index (κ2) is 5.87. The van der Waals surface area contributed by atoms with Gasteiger partial charge in [-0.05, 0) is 25.1 Å². The Kier molecular flexibility index (Phi) is 4.71. The van der Waals surface area contributed by atoms with Crippen LogP contribution in [0.4, 0.5) is 28.0 Å². The predicted molar refractivity (Wildman–Crippen MR) is 60.1 cm³/mol. The molecule has 0 aromatic heterocycles. The van der Waals surface area contributed by atoms with Crippen LogP contribution in [0, 0.1) is 5.82 Å². The lowest BCUT2D eigenvalue weighted by Gasteiger charge is -2.13. The molecule has 1 rings (SSSR count). The summed E-state index contributed by atoms with van der Waals surface area (Å²) in [6.07, 6.45) is -4.84. The third-order valence-corrected chi connectivity index (χ3v) is 2.18. The average Bonchev–Trinajstić information content (AvgIpc) is 2.29. The Bertz CT molecular complexity index is 462. The molecule has 8 heteroatoms. The van der Waals surface area contributed by atoms with Crippen molar-refractivity contribution in [2.75, 3.05) is 11.9 Å². The summed E-state index contributed by atoms with van der Waals surface area (Å²) >= 11 is 0. The number of amides is 2. The number of hydrogen-bond donors (Lipinski definition) is 3. The van der Waals surface area contributed by atoms with Gasteiger partial charge in [-0.3, -0.25) is 0 Å². The molecule has 2 amide bonds. The van der Waals surface area contributed by atoms with Crippen molar-refractivity contribution in [2.45, 2.75) is 19.1 Å². The van der Waals surface area contributed by atoms with Crippen molar-refractivity contribution in [3.05, 3.63) is 29.6 Å². The number of carbonyl (C=O) groups is 1. The van der Waals surface area contributed by atoms with E-state index in [2.05, 4.69) is 10.6 Å². The minimum absolute atomic E-state index is 0.198. The van der Waals surface area contributed by atoms with Gasteiger partial charge in [0.05, 0.1) is 18.2 Å². The van der Waals surface area contributed by atoms with Crippen molar-refractivity contribution in [1.82, 2.24) is 5.32 Å². The first-order valence-corrected chi connectivity index (χ1v) is 5.29. The van der Waals surface area contributed by atoms with Gasteiger partial charge >= 0.3 is 12.2 Å². The van der Waals surface area contributed by atoms with Crippen LogP contribution in [0.2, 0.25) is 0 Å². The Morgan fingerprint density at radius 1 is 1.42 bits per heavy atom. The third-order valence-electron chi connectivity index (χ3n) is 2.18. The molecule has 0 bridgehead atoms. The van der Waals surface area contributed by atoms with Crippen molar-refractivity contribution >= 4 is 11.7 Å². The van der Waals surface area contributed by atoms with Crippen LogP contribution in [-0.2, 0) is 6.18 Å². The molecule has 0 spiro atoms. The first kappa shape index (κ1) is 15.2. The second-order valence-electron chi connectivity index (χ2n) is 3.87. The van der Waals surface area contributed by atoms with Gasteiger partial charge < -0.3 is 15.7 Å². The summed E-state index contributed by atoms with van der Waals surface area (Å²) in [7, 11) is 0. The molecule has 19 heavy (non-hydrogen) atoms. The SMILES string of the molecule is CC(CO)NC(=O)Nc1ccc(F)c(C(F)(F)F)c1. The molecule has 4 nitrogen and oxygen atoms in total. The van der Waals surface area contributed by atoms with E-state index in [4.69, 9.17) is 5.11 Å². The summed E-state index contributed by atoms with van der Waals surface area (Å²) in [5.74, 6) is -1.41. The first-order chi connectivity index (χ1) is 8.74. The number of anilines is 1. The summed E-state index contributed by atoms with van der Waals surface area (Å²) in [4.78, 5) is 11.3. The number of rotatable bonds is 3. The average molecular weight is 280 g/mol. The van der Waals surface area contributed by atoms with Gasteiger partial charge in [-0.25, -0.2) is 9.18 Å². The molecule has 1 atom stereocenters. The van der Waals surface area contributed by atoms with Crippen LogP contribution in [0.1, 0.15) is 12.5 Å². The lowest BCUT2D eigenvalue weighted by atomic mass is 10.2. The van der Waals surface area contributed by atoms with Gasteiger partial charge in [0, 0.05) is 5.69 Å². The molecule has 106 valence electrons. The maximum absolute atomic E-state index is 13.0. The van der Waals surface area contributed by atoms with Gasteiger partial charge in [-0.1, -0.05) is 0 Å². The third kappa shape index (κ3) is 4.40. The van der Waals surface area contributed by atoms with Crippen LogP contribution < -0.4 is 10.6 Å². The summed E-state index contributed by atoms with van der Waals surface area (Å²) in [6, 6.07) is 0.782. The standard InChI is InChI=1S/C11H12F4N2O2/c1-6(5-18)16-10(19)17-7-2-3-9(12)8(4-7)11(13,14)15/h2-4,6,18H,5H2,1H3,(H2,16,17,19). The van der Waals surface area contributed by atoms with E-state index in [0.717, 1.165) is 6.07 Å². The molecule has 1 aromatic rings. The minimum Gasteiger partial charge on any atom is -0.394 e. The summed E-state index contributed by atoms with van der Waals surface area (Å²) in [5.41, 5.74) is -1.66. The van der Waals surface area contributed by atoms with Crippen LogP contribution in [0.15, 0.2) is 18.2 Å². The minimum atomic E-state index is -4.84. The molecule has 3 N–H and O–H groups in total. The molecule has 0 aliphatic rings. The molecule has 0 aliphatic carbocycles. The molecule has 1 unspecified atom stereocenters. The van der Waals surface area contributed by atoms with Gasteiger partial charge in [0.25, 0.3) is 0 Å². The van der Waals surface area contributed by atoms with E-state index in [-0.39, 0.29) is 12.3 Å². The number of aliphatic hydroxyl groups is 1. The van der Waals surface area contributed by atoms with Gasteiger partial charge in [0.2, 0.25) is 0 Å². The Morgan fingerprint density at radius 2 is 2.05 bits per heavy atom. The molecule has 0 radical (unpaired) electrons. The highest BCUT2D eigenvalue weighted by molar-refractivity contribution is 5.89. The number of carbonyl (C=O) groups excluding carboxylic acids is 1. The molecular weight excluding hydrogens is 268 g/mol. The topological polar surface area (TPSA) is 61.4 Å². The molecule has 0 heterocycles. The van der Waals surface area contributed by atoms with E-state index in [1.165, 1.54) is 6.92 Å². The van der Waals surface area contributed by atoms with E-state index in [1.807, 2.05) is 0 Å². The van der Waals surface area contributed by atoms with Crippen LogP contribution in [-0.4, -0.2) is 23.8 Å². The summed E-state index contributed by atoms with van der Waals surface area (Å²) < 4.78 is 50.3. The first-order valence-electron chi connectivity index (χ1n) is 5.29. The lowest BCUT2D eigenvalue weighted by Crippen LogP contribution is -2.38. The maximum atomic E-state index is 13.0. The Balaban J connectivity index is 2.83. The van der Waals surface area contributed by atoms with Crippen molar-refractivity contribution in [1.29, 1.82) is 0 Å². The summed E-state index contributed by atoms with van der Waals surface area (Å²) in [5, 5.41) is 13.1. The maximum Gasteiger partial charge on any atom is 0.419 e. The molecule has 0 saturated heterocycles. The number of aliphatic hydroxyl groups excluding tert-OH is 1. The van der Waals surface area contributed by atoms with E-state index >= 15 is 0 Å². The zero-order valence-electron chi connectivity index (χ0n) is 9.88. The van der Waals surface area contributed by atoms with Crippen LogP contribution in [0.25, 0.3) is 0 Å². The van der Waals surface area contributed by atoms with Crippen molar-refractivity contribution in [2.24, 2.45) is 0 Å². The fraction of sp³-hybridized carbons (Fsp3) is 0.364. The number of nitrogens with one attached hydrogen (secondary N) is 2. The normalized spacial score (nSPS) is 12.9. The molecule has 0 saturated carbocycles. The van der Waals surface area contributed by atoms with Crippen LogP contribution in [0.3, 0.4) is 0 Å². The van der Waals surface area contributed by atoms with E-state index < -0.39 is 29.6 Å². The lowest BCUT2D eigenvalue weighted by molar-refractivity contribution is -0.139. The van der Waals surface area contributed by atoms with Crippen molar-refractivity contribution in [3.8, 4) is 0 Å². The fourth-order valence-corrected chi connectivity index (χ4v) is 1.26. The largest absolute Gasteiger partial charge is 0.419 e. The van der Waals surface area contributed by atoms with Crippen molar-refractivity contribution < 1.29 is 27.5 Å². The number of benzene rings is 1. The number of urea groups is 1. The Labute approximate surface area is 106 Å². The van der Waals surface area contributed by atoms with Crippen LogP contribution in [0.5, 0.6) is 0 Å². The molecule has 1 aromatic carbocycles. The molecule has 0 fully saturated rings. The monoisotopic (exact) mass is 280 g/mol. The van der Waals surface area contributed by atoms with Gasteiger partial charge in [-0.15, -0.1) is 0 Å². The quantitative estimate of drug-likeness (QED) is 0.744. The molecule has 0 aliphatic heterocycles. The smallest absolute Gasteiger partial charge is 0.394 e. The highest BCUT2D eigenvalue weighted by Gasteiger charge is 2.34. The zero-order chi connectivity index (χ0) is 14.6. The molecular formula is C11H12F4N2O2. The summed E-state index contributed by atoms with van der Waals surface area (Å²) in [6.45, 7) is 1.19. The number of halogens is 4. The second-order valence-corrected chi connectivity index (χ2v) is 3.87. The van der Waals surface area contributed by atoms with E-state index in [1.54, 1.807) is 0 Å². The van der Waals surface area contributed by atoms with E-state index in [9.17, 15) is 22.4 Å². The predicted octanol–water partition coefficient (Wildman–Crippen LogP) is 2.35. The highest BCUT2D eigenvalue weighted by Crippen LogP contribution is 2.32. The van der Waals surface area contributed by atoms with Gasteiger partial charge in [0.1, 0.15) is 5.82 Å².